The monoisotopic (exact) mass is 425 g/mol. The Labute approximate surface area is 179 Å². The molecule has 0 spiro atoms. The average Bonchev–Trinajstić information content (AvgIpc) is 3.18. The first-order valence-corrected chi connectivity index (χ1v) is 10.1. The minimum atomic E-state index is -0.494. The molecule has 2 aliphatic rings. The average molecular weight is 425 g/mol. The number of non-ortho nitro benzene ring substituents is 1. The van der Waals surface area contributed by atoms with Crippen LogP contribution in [0.25, 0.3) is 0 Å². The molecule has 2 heterocycles. The van der Waals surface area contributed by atoms with Crippen molar-refractivity contribution in [3.63, 3.8) is 0 Å². The summed E-state index contributed by atoms with van der Waals surface area (Å²) >= 11 is 0. The van der Waals surface area contributed by atoms with Gasteiger partial charge in [0.15, 0.2) is 11.5 Å². The number of ether oxygens (including phenoxy) is 2. The van der Waals surface area contributed by atoms with Crippen molar-refractivity contribution in [1.82, 2.24) is 4.90 Å². The second-order valence-corrected chi connectivity index (χ2v) is 7.71. The first kappa shape index (κ1) is 20.6. The van der Waals surface area contributed by atoms with Gasteiger partial charge in [0, 0.05) is 43.9 Å². The summed E-state index contributed by atoms with van der Waals surface area (Å²) in [5, 5.41) is 11.1. The largest absolute Gasteiger partial charge is 0.486 e. The van der Waals surface area contributed by atoms with Gasteiger partial charge in [0.05, 0.1) is 16.9 Å². The molecule has 2 aromatic carbocycles. The van der Waals surface area contributed by atoms with Crippen molar-refractivity contribution < 1.29 is 24.0 Å². The van der Waals surface area contributed by atoms with Crippen LogP contribution in [0.1, 0.15) is 24.9 Å². The molecule has 0 bridgehead atoms. The van der Waals surface area contributed by atoms with Gasteiger partial charge in [0.25, 0.3) is 5.69 Å². The van der Waals surface area contributed by atoms with Gasteiger partial charge in [-0.25, -0.2) is 0 Å². The van der Waals surface area contributed by atoms with Crippen molar-refractivity contribution in [2.45, 2.75) is 19.4 Å². The summed E-state index contributed by atoms with van der Waals surface area (Å²) < 4.78 is 11.1. The number of anilines is 1. The Hall–Kier alpha value is -3.62. The molecule has 1 saturated heterocycles. The molecule has 0 unspecified atom stereocenters. The van der Waals surface area contributed by atoms with Gasteiger partial charge in [-0.2, -0.15) is 0 Å². The van der Waals surface area contributed by atoms with Crippen molar-refractivity contribution >= 4 is 23.2 Å². The summed E-state index contributed by atoms with van der Waals surface area (Å²) in [6.07, 6.45) is 0.110. The molecule has 2 atom stereocenters. The van der Waals surface area contributed by atoms with Gasteiger partial charge in [-0.3, -0.25) is 19.7 Å². The summed E-state index contributed by atoms with van der Waals surface area (Å²) in [7, 11) is 1.66. The zero-order valence-corrected chi connectivity index (χ0v) is 17.3. The molecule has 0 saturated carbocycles. The van der Waals surface area contributed by atoms with Crippen molar-refractivity contribution in [3.05, 3.63) is 58.1 Å². The number of nitrogens with zero attached hydrogens (tertiary/aromatic N) is 3. The first-order valence-electron chi connectivity index (χ1n) is 10.1. The Morgan fingerprint density at radius 3 is 2.68 bits per heavy atom. The van der Waals surface area contributed by atoms with Crippen LogP contribution in [-0.4, -0.2) is 48.4 Å². The van der Waals surface area contributed by atoms with E-state index >= 15 is 0 Å². The van der Waals surface area contributed by atoms with E-state index in [9.17, 15) is 19.7 Å². The van der Waals surface area contributed by atoms with Crippen LogP contribution in [0.5, 0.6) is 11.5 Å². The summed E-state index contributed by atoms with van der Waals surface area (Å²) in [4.78, 5) is 39.5. The lowest BCUT2D eigenvalue weighted by Gasteiger charge is -2.28. The SMILES string of the molecule is C[C@H](c1cccc([N+](=O)[O-])c1)N(C)C(=O)[C@H]1CC(=O)N(c2ccc3c(c2)OCCO3)C1. The number of hydrogen-bond acceptors (Lipinski definition) is 6. The number of nitro groups is 1. The summed E-state index contributed by atoms with van der Waals surface area (Å²) in [5.41, 5.74) is 1.31. The fourth-order valence-corrected chi connectivity index (χ4v) is 3.92. The van der Waals surface area contributed by atoms with Crippen LogP contribution >= 0.6 is 0 Å². The maximum atomic E-state index is 13.1. The van der Waals surface area contributed by atoms with Crippen LogP contribution in [0.2, 0.25) is 0 Å². The number of fused-ring (bicyclic) bond motifs is 1. The summed E-state index contributed by atoms with van der Waals surface area (Å²) in [6, 6.07) is 11.2. The highest BCUT2D eigenvalue weighted by atomic mass is 16.6. The normalized spacial score (nSPS) is 18.6. The van der Waals surface area contributed by atoms with Crippen LogP contribution in [0.4, 0.5) is 11.4 Å². The highest BCUT2D eigenvalue weighted by Crippen LogP contribution is 2.36. The van der Waals surface area contributed by atoms with Gasteiger partial charge < -0.3 is 19.3 Å². The van der Waals surface area contributed by atoms with E-state index in [1.807, 2.05) is 6.92 Å². The molecular formula is C22H23N3O6. The van der Waals surface area contributed by atoms with Gasteiger partial charge in [-0.15, -0.1) is 0 Å². The van der Waals surface area contributed by atoms with Crippen LogP contribution in [0.3, 0.4) is 0 Å². The molecule has 9 nitrogen and oxygen atoms in total. The predicted molar refractivity (Wildman–Crippen MR) is 112 cm³/mol. The van der Waals surface area contributed by atoms with Crippen molar-refractivity contribution in [2.24, 2.45) is 5.92 Å². The van der Waals surface area contributed by atoms with Gasteiger partial charge in [-0.1, -0.05) is 12.1 Å². The molecule has 4 rings (SSSR count). The topological polar surface area (TPSA) is 102 Å². The number of carbonyl (C=O) groups excluding carboxylic acids is 2. The highest BCUT2D eigenvalue weighted by molar-refractivity contribution is 6.00. The third kappa shape index (κ3) is 4.03. The van der Waals surface area contributed by atoms with E-state index in [1.54, 1.807) is 47.2 Å². The molecule has 0 radical (unpaired) electrons. The second-order valence-electron chi connectivity index (χ2n) is 7.71. The van der Waals surface area contributed by atoms with Crippen molar-refractivity contribution in [1.29, 1.82) is 0 Å². The molecule has 0 aliphatic carbocycles. The van der Waals surface area contributed by atoms with Crippen molar-refractivity contribution in [3.8, 4) is 11.5 Å². The van der Waals surface area contributed by atoms with E-state index < -0.39 is 10.8 Å². The fourth-order valence-electron chi connectivity index (χ4n) is 3.92. The number of hydrogen-bond donors (Lipinski definition) is 0. The van der Waals surface area contributed by atoms with Crippen LogP contribution in [-0.2, 0) is 9.59 Å². The Bertz CT molecular complexity index is 1040. The first-order chi connectivity index (χ1) is 14.8. The molecule has 2 amide bonds. The Morgan fingerprint density at radius 1 is 1.19 bits per heavy atom. The molecule has 1 fully saturated rings. The standard InChI is InChI=1S/C22H23N3O6/c1-14(15-4-3-5-18(10-15)25(28)29)23(2)22(27)16-11-21(26)24(13-16)17-6-7-19-20(12-17)31-9-8-30-19/h3-7,10,12,14,16H,8-9,11,13H2,1-2H3/t14-,16+/m1/s1. The maximum Gasteiger partial charge on any atom is 0.269 e. The lowest BCUT2D eigenvalue weighted by Crippen LogP contribution is -2.36. The molecule has 0 N–H and O–H groups in total. The van der Waals surface area contributed by atoms with E-state index in [0.717, 1.165) is 0 Å². The Balaban J connectivity index is 1.47. The second kappa shape index (κ2) is 8.25. The third-order valence-corrected chi connectivity index (χ3v) is 5.80. The molecule has 162 valence electrons. The van der Waals surface area contributed by atoms with E-state index in [0.29, 0.717) is 36.0 Å². The fraction of sp³-hybridized carbons (Fsp3) is 0.364. The summed E-state index contributed by atoms with van der Waals surface area (Å²) in [6.45, 7) is 3.02. The van der Waals surface area contributed by atoms with Gasteiger partial charge in [-0.05, 0) is 24.6 Å². The number of rotatable bonds is 5. The molecule has 31 heavy (non-hydrogen) atoms. The lowest BCUT2D eigenvalue weighted by atomic mass is 10.0. The molecule has 9 heteroatoms. The maximum absolute atomic E-state index is 13.1. The molecular weight excluding hydrogens is 402 g/mol. The molecule has 2 aliphatic heterocycles. The molecule has 2 aromatic rings. The van der Waals surface area contributed by atoms with E-state index in [1.165, 1.54) is 12.1 Å². The van der Waals surface area contributed by atoms with E-state index in [-0.39, 0.29) is 36.5 Å². The van der Waals surface area contributed by atoms with Crippen molar-refractivity contribution in [2.75, 3.05) is 31.7 Å². The van der Waals surface area contributed by atoms with Crippen LogP contribution < -0.4 is 14.4 Å². The number of benzene rings is 2. The van der Waals surface area contributed by atoms with E-state index in [4.69, 9.17) is 9.47 Å². The zero-order valence-electron chi connectivity index (χ0n) is 17.3. The quantitative estimate of drug-likeness (QED) is 0.539. The van der Waals surface area contributed by atoms with Gasteiger partial charge in [0.1, 0.15) is 13.2 Å². The number of carbonyl (C=O) groups is 2. The minimum absolute atomic E-state index is 0.0222. The number of amides is 2. The van der Waals surface area contributed by atoms with Gasteiger partial charge in [0.2, 0.25) is 11.8 Å². The highest BCUT2D eigenvalue weighted by Gasteiger charge is 2.38. The third-order valence-electron chi connectivity index (χ3n) is 5.80. The Kier molecular flexibility index (Phi) is 5.50. The Morgan fingerprint density at radius 2 is 1.94 bits per heavy atom. The molecule has 0 aromatic heterocycles. The summed E-state index contributed by atoms with van der Waals surface area (Å²) in [5.74, 6) is 0.424. The minimum Gasteiger partial charge on any atom is -0.486 e. The smallest absolute Gasteiger partial charge is 0.269 e. The van der Waals surface area contributed by atoms with Gasteiger partial charge >= 0.3 is 0 Å². The van der Waals surface area contributed by atoms with Crippen LogP contribution in [0, 0.1) is 16.0 Å². The van der Waals surface area contributed by atoms with E-state index in [2.05, 4.69) is 0 Å². The zero-order chi connectivity index (χ0) is 22.1. The lowest BCUT2D eigenvalue weighted by molar-refractivity contribution is -0.384. The van der Waals surface area contributed by atoms with Crippen LogP contribution in [0.15, 0.2) is 42.5 Å². The predicted octanol–water partition coefficient (Wildman–Crippen LogP) is 2.94. The number of nitro benzene ring substituents is 1.